The van der Waals surface area contributed by atoms with Crippen LogP contribution in [0, 0.1) is 0 Å². The zero-order valence-electron chi connectivity index (χ0n) is 33.7. The second-order valence-electron chi connectivity index (χ2n) is 16.9. The first-order valence-corrected chi connectivity index (χ1v) is 21.0. The van der Waals surface area contributed by atoms with Gasteiger partial charge in [0.25, 0.3) is 0 Å². The normalized spacial score (nSPS) is 14.1. The Morgan fingerprint density at radius 1 is 0.350 bits per heavy atom. The highest BCUT2D eigenvalue weighted by atomic mass is 15.1. The second kappa shape index (κ2) is 13.0. The fraction of sp³-hybridized carbons (Fsp3) is 0.0690. The number of benzene rings is 9. The maximum absolute atomic E-state index is 2.44. The Bertz CT molecular complexity index is 3230. The highest BCUT2D eigenvalue weighted by Gasteiger charge is 2.53. The van der Waals surface area contributed by atoms with Crippen molar-refractivity contribution in [1.29, 1.82) is 0 Å². The Kier molecular flexibility index (Phi) is 7.52. The maximum atomic E-state index is 2.44. The van der Waals surface area contributed by atoms with Gasteiger partial charge in [0.05, 0.1) is 16.4 Å². The van der Waals surface area contributed by atoms with Crippen molar-refractivity contribution in [2.45, 2.75) is 24.7 Å². The third-order valence-electron chi connectivity index (χ3n) is 13.5. The van der Waals surface area contributed by atoms with Gasteiger partial charge >= 0.3 is 0 Å². The van der Waals surface area contributed by atoms with Gasteiger partial charge in [0.15, 0.2) is 0 Å². The predicted molar refractivity (Wildman–Crippen MR) is 250 cm³/mol. The van der Waals surface area contributed by atoms with E-state index in [1.165, 1.54) is 83.1 Å². The van der Waals surface area contributed by atoms with E-state index < -0.39 is 5.41 Å². The minimum absolute atomic E-state index is 0.126. The molecule has 2 aliphatic rings. The van der Waals surface area contributed by atoms with E-state index in [4.69, 9.17) is 0 Å². The number of hydrogen-bond donors (Lipinski definition) is 0. The van der Waals surface area contributed by atoms with E-state index in [0.717, 1.165) is 17.1 Å². The summed E-state index contributed by atoms with van der Waals surface area (Å²) in [5, 5.41) is 2.51. The smallest absolute Gasteiger partial charge is 0.0719 e. The number of para-hydroxylation sites is 3. The van der Waals surface area contributed by atoms with E-state index in [1.54, 1.807) is 0 Å². The molecule has 10 aromatic rings. The molecule has 1 aromatic heterocycles. The lowest BCUT2D eigenvalue weighted by Crippen LogP contribution is -2.40. The van der Waals surface area contributed by atoms with Crippen molar-refractivity contribution in [2.75, 3.05) is 4.90 Å². The van der Waals surface area contributed by atoms with Gasteiger partial charge in [-0.25, -0.2) is 0 Å². The molecule has 1 spiro atoms. The highest BCUT2D eigenvalue weighted by Crippen LogP contribution is 2.62. The van der Waals surface area contributed by atoms with Crippen LogP contribution in [0.15, 0.2) is 218 Å². The Balaban J connectivity index is 0.996. The molecule has 0 aliphatic heterocycles. The zero-order valence-corrected chi connectivity index (χ0v) is 33.7. The van der Waals surface area contributed by atoms with E-state index >= 15 is 0 Å². The average molecular weight is 767 g/mol. The van der Waals surface area contributed by atoms with E-state index in [2.05, 4.69) is 242 Å². The van der Waals surface area contributed by atoms with Gasteiger partial charge in [0.1, 0.15) is 0 Å². The summed E-state index contributed by atoms with van der Waals surface area (Å²) in [6.07, 6.45) is 0. The topological polar surface area (TPSA) is 8.17 Å². The van der Waals surface area contributed by atoms with Crippen LogP contribution in [0.3, 0.4) is 0 Å². The minimum Gasteiger partial charge on any atom is -0.310 e. The van der Waals surface area contributed by atoms with Gasteiger partial charge in [-0.3, -0.25) is 0 Å². The summed E-state index contributed by atoms with van der Waals surface area (Å²) in [6.45, 7) is 4.77. The molecular formula is C58H42N2. The first-order valence-electron chi connectivity index (χ1n) is 21.0. The van der Waals surface area contributed by atoms with Gasteiger partial charge in [-0.1, -0.05) is 166 Å². The van der Waals surface area contributed by atoms with Crippen molar-refractivity contribution in [3.05, 3.63) is 252 Å². The lowest BCUT2D eigenvalue weighted by atomic mass is 9.55. The molecule has 1 heterocycles. The van der Waals surface area contributed by atoms with E-state index in [1.807, 2.05) is 0 Å². The molecule has 284 valence electrons. The Labute approximate surface area is 351 Å². The van der Waals surface area contributed by atoms with Gasteiger partial charge in [0.2, 0.25) is 0 Å². The van der Waals surface area contributed by atoms with E-state index in [9.17, 15) is 0 Å². The van der Waals surface area contributed by atoms with Crippen molar-refractivity contribution in [1.82, 2.24) is 4.57 Å². The number of rotatable bonds is 5. The summed E-state index contributed by atoms with van der Waals surface area (Å²) in [6, 6.07) is 80.8. The molecule has 0 atom stereocenters. The number of nitrogens with zero attached hydrogens (tertiary/aromatic N) is 2. The minimum atomic E-state index is -0.416. The van der Waals surface area contributed by atoms with Crippen molar-refractivity contribution in [2.24, 2.45) is 0 Å². The molecule has 2 nitrogen and oxygen atoms in total. The predicted octanol–water partition coefficient (Wildman–Crippen LogP) is 14.9. The Morgan fingerprint density at radius 3 is 1.58 bits per heavy atom. The molecule has 0 N–H and O–H groups in total. The molecule has 2 aliphatic carbocycles. The first kappa shape index (κ1) is 34.6. The summed E-state index contributed by atoms with van der Waals surface area (Å²) >= 11 is 0. The quantitative estimate of drug-likeness (QED) is 0.169. The number of hydrogen-bond acceptors (Lipinski definition) is 1. The van der Waals surface area contributed by atoms with E-state index in [-0.39, 0.29) is 5.41 Å². The van der Waals surface area contributed by atoms with Crippen LogP contribution in [0.25, 0.3) is 49.7 Å². The average Bonchev–Trinajstić information content (AvgIpc) is 3.80. The lowest BCUT2D eigenvalue weighted by molar-refractivity contribution is 0.563. The van der Waals surface area contributed by atoms with Gasteiger partial charge in [-0.15, -0.1) is 0 Å². The molecule has 12 rings (SSSR count). The van der Waals surface area contributed by atoms with Gasteiger partial charge in [0, 0.05) is 38.9 Å². The fourth-order valence-electron chi connectivity index (χ4n) is 10.8. The molecule has 0 unspecified atom stereocenters. The van der Waals surface area contributed by atoms with Gasteiger partial charge < -0.3 is 9.47 Å². The molecule has 0 saturated heterocycles. The molecule has 0 amide bonds. The van der Waals surface area contributed by atoms with Crippen LogP contribution < -0.4 is 4.90 Å². The van der Waals surface area contributed by atoms with E-state index in [0.29, 0.717) is 0 Å². The molecule has 0 fully saturated rings. The molecule has 0 saturated carbocycles. The summed E-state index contributed by atoms with van der Waals surface area (Å²) in [4.78, 5) is 2.40. The number of anilines is 3. The molecule has 0 radical (unpaired) electrons. The third-order valence-corrected chi connectivity index (χ3v) is 13.5. The molecule has 2 heteroatoms. The van der Waals surface area contributed by atoms with Crippen molar-refractivity contribution in [3.63, 3.8) is 0 Å². The number of aromatic nitrogens is 1. The van der Waals surface area contributed by atoms with Crippen molar-refractivity contribution < 1.29 is 0 Å². The first-order chi connectivity index (χ1) is 29.5. The SMILES string of the molecule is CC1(C)c2ccccc2C2(c3ccccc3-c3cc(N(c4ccccc4)c4ccc(-c5ccc6c(c5)c5ccccc5n6-c5ccccc5)cc4)ccc32)c2ccccc21. The second-order valence-corrected chi connectivity index (χ2v) is 16.9. The Hall–Kier alpha value is -7.42. The summed E-state index contributed by atoms with van der Waals surface area (Å²) in [5.74, 6) is 0. The molecule has 0 bridgehead atoms. The van der Waals surface area contributed by atoms with Crippen LogP contribution in [-0.4, -0.2) is 4.57 Å². The molecular weight excluding hydrogens is 725 g/mol. The van der Waals surface area contributed by atoms with Crippen LogP contribution >= 0.6 is 0 Å². The van der Waals surface area contributed by atoms with Crippen LogP contribution in [0.2, 0.25) is 0 Å². The zero-order chi connectivity index (χ0) is 40.0. The molecule has 60 heavy (non-hydrogen) atoms. The third kappa shape index (κ3) is 4.82. The highest BCUT2D eigenvalue weighted by molar-refractivity contribution is 6.10. The van der Waals surface area contributed by atoms with Crippen molar-refractivity contribution >= 4 is 38.9 Å². The van der Waals surface area contributed by atoms with Crippen LogP contribution in [0.5, 0.6) is 0 Å². The summed E-state index contributed by atoms with van der Waals surface area (Å²) in [7, 11) is 0. The fourth-order valence-corrected chi connectivity index (χ4v) is 10.8. The van der Waals surface area contributed by atoms with Gasteiger partial charge in [-0.05, 0) is 122 Å². The van der Waals surface area contributed by atoms with Crippen LogP contribution in [0.1, 0.15) is 47.2 Å². The summed E-state index contributed by atoms with van der Waals surface area (Å²) in [5.41, 5.74) is 19.6. The van der Waals surface area contributed by atoms with Crippen LogP contribution in [-0.2, 0) is 10.8 Å². The monoisotopic (exact) mass is 766 g/mol. The molecule has 9 aromatic carbocycles. The largest absolute Gasteiger partial charge is 0.310 e. The Morgan fingerprint density at radius 2 is 0.867 bits per heavy atom. The lowest BCUT2D eigenvalue weighted by Gasteiger charge is -2.46. The van der Waals surface area contributed by atoms with Crippen LogP contribution in [0.4, 0.5) is 17.1 Å². The number of fused-ring (bicyclic) bond motifs is 12. The van der Waals surface area contributed by atoms with Crippen molar-refractivity contribution in [3.8, 4) is 27.9 Å². The summed E-state index contributed by atoms with van der Waals surface area (Å²) < 4.78 is 2.37. The van der Waals surface area contributed by atoms with Gasteiger partial charge in [-0.2, -0.15) is 0 Å². The standard InChI is InChI=1S/C58H42N2/c1-57(2)51-24-12-14-26-53(51)58(54-27-15-13-25-52(54)57)49-23-11-9-21-45(49)47-38-44(34-35-50(47)58)59(41-17-5-3-6-18-41)43-32-29-39(30-33-43)40-31-36-56-48(37-40)46-22-10-16-28-55(46)60(56)42-19-7-4-8-20-42/h3-38H,1-2H3. The maximum Gasteiger partial charge on any atom is 0.0719 e.